The smallest absolute Gasteiger partial charge is 0.337 e. The van der Waals surface area contributed by atoms with Crippen LogP contribution in [0.25, 0.3) is 0 Å². The quantitative estimate of drug-likeness (QED) is 0.660. The van der Waals surface area contributed by atoms with Gasteiger partial charge >= 0.3 is 5.97 Å². The molecule has 0 spiro atoms. The fourth-order valence-corrected chi connectivity index (χ4v) is 4.49. The number of esters is 1. The van der Waals surface area contributed by atoms with Gasteiger partial charge in [0.15, 0.2) is 0 Å². The molecule has 0 radical (unpaired) electrons. The second kappa shape index (κ2) is 9.38. The molecule has 2 aromatic carbocycles. The molecule has 0 saturated carbocycles. The number of carbonyl (C=O) groups is 2. The molecule has 0 aromatic heterocycles. The Labute approximate surface area is 173 Å². The normalized spacial score (nSPS) is 11.3. The summed E-state index contributed by atoms with van der Waals surface area (Å²) in [5, 5.41) is 2.82. The Morgan fingerprint density at radius 2 is 1.75 bits per heavy atom. The predicted octanol–water partition coefficient (Wildman–Crippen LogP) is 3.43. The van der Waals surface area contributed by atoms with Crippen molar-refractivity contribution in [3.63, 3.8) is 0 Å². The summed E-state index contributed by atoms with van der Waals surface area (Å²) < 4.78 is 31.2. The molecular weight excluding hydrogens is 427 g/mol. The van der Waals surface area contributed by atoms with Gasteiger partial charge in [-0.25, -0.2) is 13.2 Å². The molecule has 1 amide bonds. The molecule has 0 fully saturated rings. The molecular formula is C18H18Cl2N2O5S. The van der Waals surface area contributed by atoms with Crippen LogP contribution in [0.2, 0.25) is 10.0 Å². The summed E-state index contributed by atoms with van der Waals surface area (Å²) in [7, 11) is -2.75. The van der Waals surface area contributed by atoms with Crippen LogP contribution in [0.15, 0.2) is 47.4 Å². The summed E-state index contributed by atoms with van der Waals surface area (Å²) in [6, 6.07) is 10.1. The number of benzene rings is 2. The highest BCUT2D eigenvalue weighted by Crippen LogP contribution is 2.27. The van der Waals surface area contributed by atoms with Gasteiger partial charge in [0.1, 0.15) is 4.90 Å². The number of anilines is 1. The SMILES string of the molecule is CCN(CC(=O)Nc1ccc(C(=O)OC)cc1)S(=O)(=O)c1cc(Cl)ccc1Cl. The molecule has 0 saturated heterocycles. The van der Waals surface area contributed by atoms with E-state index in [-0.39, 0.29) is 21.5 Å². The van der Waals surface area contributed by atoms with E-state index in [0.29, 0.717) is 11.3 Å². The lowest BCUT2D eigenvalue weighted by molar-refractivity contribution is -0.116. The lowest BCUT2D eigenvalue weighted by Crippen LogP contribution is -2.38. The van der Waals surface area contributed by atoms with Crippen LogP contribution >= 0.6 is 23.2 Å². The first-order chi connectivity index (χ1) is 13.2. The van der Waals surface area contributed by atoms with Gasteiger partial charge in [0.2, 0.25) is 15.9 Å². The molecule has 0 aliphatic heterocycles. The third-order valence-electron chi connectivity index (χ3n) is 3.77. The van der Waals surface area contributed by atoms with E-state index in [9.17, 15) is 18.0 Å². The second-order valence-corrected chi connectivity index (χ2v) is 8.37. The van der Waals surface area contributed by atoms with E-state index in [0.717, 1.165) is 4.31 Å². The molecule has 2 aromatic rings. The minimum absolute atomic E-state index is 0.0154. The average Bonchev–Trinajstić information content (AvgIpc) is 2.67. The third-order valence-corrected chi connectivity index (χ3v) is 6.41. The number of sulfonamides is 1. The summed E-state index contributed by atoms with van der Waals surface area (Å²) in [6.45, 7) is 1.24. The maximum absolute atomic E-state index is 12.8. The Morgan fingerprint density at radius 3 is 2.32 bits per heavy atom. The van der Waals surface area contributed by atoms with E-state index in [1.807, 2.05) is 0 Å². The van der Waals surface area contributed by atoms with Gasteiger partial charge in [0.25, 0.3) is 0 Å². The Kier molecular flexibility index (Phi) is 7.42. The molecule has 0 heterocycles. The van der Waals surface area contributed by atoms with Crippen molar-refractivity contribution in [1.29, 1.82) is 0 Å². The molecule has 2 rings (SSSR count). The van der Waals surface area contributed by atoms with Gasteiger partial charge < -0.3 is 10.1 Å². The van der Waals surface area contributed by atoms with Gasteiger partial charge in [-0.1, -0.05) is 30.1 Å². The largest absolute Gasteiger partial charge is 0.465 e. The number of nitrogens with one attached hydrogen (secondary N) is 1. The van der Waals surface area contributed by atoms with Gasteiger partial charge in [-0.3, -0.25) is 4.79 Å². The first-order valence-electron chi connectivity index (χ1n) is 8.12. The van der Waals surface area contributed by atoms with Crippen LogP contribution in [-0.2, 0) is 19.6 Å². The maximum Gasteiger partial charge on any atom is 0.337 e. The number of ether oxygens (including phenoxy) is 1. The van der Waals surface area contributed by atoms with Crippen LogP contribution in [0, 0.1) is 0 Å². The fraction of sp³-hybridized carbons (Fsp3) is 0.222. The molecule has 0 aliphatic rings. The predicted molar refractivity (Wildman–Crippen MR) is 107 cm³/mol. The summed E-state index contributed by atoms with van der Waals surface area (Å²) in [5.74, 6) is -1.05. The van der Waals surface area contributed by atoms with Crippen LogP contribution in [0.5, 0.6) is 0 Å². The molecule has 7 nitrogen and oxygen atoms in total. The van der Waals surface area contributed by atoms with Crippen LogP contribution in [0.4, 0.5) is 5.69 Å². The van der Waals surface area contributed by atoms with E-state index in [2.05, 4.69) is 10.1 Å². The fourth-order valence-electron chi connectivity index (χ4n) is 2.35. The van der Waals surface area contributed by atoms with Crippen molar-refractivity contribution in [1.82, 2.24) is 4.31 Å². The van der Waals surface area contributed by atoms with Crippen LogP contribution in [0.1, 0.15) is 17.3 Å². The number of hydrogen-bond acceptors (Lipinski definition) is 5. The van der Waals surface area contributed by atoms with Crippen molar-refractivity contribution < 1.29 is 22.7 Å². The molecule has 150 valence electrons. The van der Waals surface area contributed by atoms with Crippen LogP contribution in [0.3, 0.4) is 0 Å². The van der Waals surface area contributed by atoms with Gasteiger partial charge in [0.05, 0.1) is 24.2 Å². The molecule has 0 atom stereocenters. The molecule has 10 heteroatoms. The van der Waals surface area contributed by atoms with E-state index in [1.165, 1.54) is 49.6 Å². The number of halogens is 2. The first kappa shape index (κ1) is 22.2. The molecule has 0 aliphatic carbocycles. The van der Waals surface area contributed by atoms with Crippen molar-refractivity contribution in [3.8, 4) is 0 Å². The van der Waals surface area contributed by atoms with Crippen molar-refractivity contribution in [2.75, 3.05) is 25.5 Å². The van der Waals surface area contributed by atoms with E-state index >= 15 is 0 Å². The third kappa shape index (κ3) is 5.23. The van der Waals surface area contributed by atoms with Gasteiger partial charge in [0, 0.05) is 17.3 Å². The zero-order valence-electron chi connectivity index (χ0n) is 15.1. The highest BCUT2D eigenvalue weighted by atomic mass is 35.5. The number of rotatable bonds is 7. The summed E-state index contributed by atoms with van der Waals surface area (Å²) in [6.07, 6.45) is 0. The minimum Gasteiger partial charge on any atom is -0.465 e. The highest BCUT2D eigenvalue weighted by molar-refractivity contribution is 7.89. The lowest BCUT2D eigenvalue weighted by atomic mass is 10.2. The summed E-state index contributed by atoms with van der Waals surface area (Å²) in [4.78, 5) is 23.6. The number of amides is 1. The number of nitrogens with zero attached hydrogens (tertiary/aromatic N) is 1. The minimum atomic E-state index is -4.02. The standard InChI is InChI=1S/C18H18Cl2N2O5S/c1-3-22(28(25,26)16-10-13(19)6-9-15(16)20)11-17(23)21-14-7-4-12(5-8-14)18(24)27-2/h4-10H,3,11H2,1-2H3,(H,21,23). The van der Waals surface area contributed by atoms with Crippen molar-refractivity contribution in [2.45, 2.75) is 11.8 Å². The van der Waals surface area contributed by atoms with E-state index in [4.69, 9.17) is 23.2 Å². The zero-order chi connectivity index (χ0) is 20.9. The number of carbonyl (C=O) groups excluding carboxylic acids is 2. The van der Waals surface area contributed by atoms with E-state index in [1.54, 1.807) is 6.92 Å². The van der Waals surface area contributed by atoms with Crippen LogP contribution in [-0.4, -0.2) is 44.8 Å². The Balaban J connectivity index is 2.14. The van der Waals surface area contributed by atoms with Crippen LogP contribution < -0.4 is 5.32 Å². The first-order valence-corrected chi connectivity index (χ1v) is 10.3. The second-order valence-electron chi connectivity index (χ2n) is 5.62. The lowest BCUT2D eigenvalue weighted by Gasteiger charge is -2.21. The summed E-state index contributed by atoms with van der Waals surface area (Å²) in [5.41, 5.74) is 0.737. The molecule has 1 N–H and O–H groups in total. The Morgan fingerprint density at radius 1 is 1.11 bits per heavy atom. The van der Waals surface area contributed by atoms with Gasteiger partial charge in [-0.2, -0.15) is 4.31 Å². The maximum atomic E-state index is 12.8. The van der Waals surface area contributed by atoms with Crippen molar-refractivity contribution in [2.24, 2.45) is 0 Å². The van der Waals surface area contributed by atoms with Crippen molar-refractivity contribution in [3.05, 3.63) is 58.1 Å². The van der Waals surface area contributed by atoms with E-state index < -0.39 is 28.4 Å². The molecule has 0 bridgehead atoms. The zero-order valence-corrected chi connectivity index (χ0v) is 17.4. The highest BCUT2D eigenvalue weighted by Gasteiger charge is 2.27. The summed E-state index contributed by atoms with van der Waals surface area (Å²) >= 11 is 11.9. The van der Waals surface area contributed by atoms with Gasteiger partial charge in [-0.05, 0) is 42.5 Å². The van der Waals surface area contributed by atoms with Crippen molar-refractivity contribution >= 4 is 50.8 Å². The van der Waals surface area contributed by atoms with Gasteiger partial charge in [-0.15, -0.1) is 0 Å². The number of hydrogen-bond donors (Lipinski definition) is 1. The topological polar surface area (TPSA) is 92.8 Å². The molecule has 28 heavy (non-hydrogen) atoms. The average molecular weight is 445 g/mol. The monoisotopic (exact) mass is 444 g/mol. The molecule has 0 unspecified atom stereocenters. The Hall–Kier alpha value is -2.13. The number of methoxy groups -OCH3 is 1. The number of likely N-dealkylation sites (N-methyl/N-ethyl adjacent to an activating group) is 1. The Bertz CT molecular complexity index is 978.